The van der Waals surface area contributed by atoms with Crippen molar-refractivity contribution in [3.8, 4) is 0 Å². The molecule has 1 saturated heterocycles. The first kappa shape index (κ1) is 13.3. The van der Waals surface area contributed by atoms with Gasteiger partial charge in [-0.2, -0.15) is 0 Å². The molecule has 1 aliphatic rings. The summed E-state index contributed by atoms with van der Waals surface area (Å²) in [5, 5.41) is 2.37. The Labute approximate surface area is 112 Å². The third kappa shape index (κ3) is 2.65. The average Bonchev–Trinajstić information content (AvgIpc) is 2.80. The molecule has 1 aromatic heterocycles. The van der Waals surface area contributed by atoms with E-state index in [1.807, 2.05) is 20.8 Å². The lowest BCUT2D eigenvalue weighted by molar-refractivity contribution is -0.125. The quantitative estimate of drug-likeness (QED) is 0.691. The van der Waals surface area contributed by atoms with Crippen molar-refractivity contribution >= 4 is 17.6 Å². The van der Waals surface area contributed by atoms with Crippen LogP contribution in [-0.4, -0.2) is 33.8 Å². The van der Waals surface area contributed by atoms with Crippen molar-refractivity contribution in [2.45, 2.75) is 26.2 Å². The standard InChI is InChI=1S/C12H16N4O2.H2O/c1-7-11(18)16(5-8(17)15-7)10-9(12(2,3)4)13-6-14-10;/h6H,1,5H2,2-4H3,(H,13,14)(H,15,17);1H2/i1D;. The van der Waals surface area contributed by atoms with E-state index in [0.717, 1.165) is 12.2 Å². The first-order valence-electron chi connectivity index (χ1n) is 6.16. The van der Waals surface area contributed by atoms with E-state index in [9.17, 15) is 9.59 Å². The summed E-state index contributed by atoms with van der Waals surface area (Å²) in [6.07, 6.45) is 1.50. The highest BCUT2D eigenvalue weighted by atomic mass is 16.2. The summed E-state index contributed by atoms with van der Waals surface area (Å²) in [6.45, 7) is 6.71. The van der Waals surface area contributed by atoms with Gasteiger partial charge in [0.1, 0.15) is 6.54 Å². The zero-order valence-corrected chi connectivity index (χ0v) is 11.1. The van der Waals surface area contributed by atoms with Crippen molar-refractivity contribution in [3.05, 3.63) is 24.3 Å². The number of carbonyl (C=O) groups excluding carboxylic acids is 2. The summed E-state index contributed by atoms with van der Waals surface area (Å²) in [5.74, 6) is -0.320. The van der Waals surface area contributed by atoms with Crippen LogP contribution in [0.4, 0.5) is 5.82 Å². The van der Waals surface area contributed by atoms with Gasteiger partial charge in [0.25, 0.3) is 5.91 Å². The fourth-order valence-electron chi connectivity index (χ4n) is 1.82. The van der Waals surface area contributed by atoms with E-state index in [-0.39, 0.29) is 29.0 Å². The van der Waals surface area contributed by atoms with Crippen molar-refractivity contribution < 1.29 is 16.4 Å². The lowest BCUT2D eigenvalue weighted by Gasteiger charge is -2.29. The number of rotatable bonds is 1. The predicted octanol–water partition coefficient (Wildman–Crippen LogP) is -0.141. The third-order valence-electron chi connectivity index (χ3n) is 2.68. The first-order chi connectivity index (χ1) is 8.84. The van der Waals surface area contributed by atoms with Gasteiger partial charge in [-0.15, -0.1) is 0 Å². The third-order valence-corrected chi connectivity index (χ3v) is 2.68. The molecule has 2 rings (SSSR count). The summed E-state index contributed by atoms with van der Waals surface area (Å²) >= 11 is 0. The highest BCUT2D eigenvalue weighted by molar-refractivity contribution is 6.12. The van der Waals surface area contributed by atoms with Crippen LogP contribution in [0.1, 0.15) is 27.8 Å². The summed E-state index contributed by atoms with van der Waals surface area (Å²) < 4.78 is 7.16. The topological polar surface area (TPSA) is 110 Å². The summed E-state index contributed by atoms with van der Waals surface area (Å²) in [7, 11) is 0. The normalized spacial score (nSPS) is 19.0. The molecule has 0 unspecified atom stereocenters. The molecular weight excluding hydrogens is 248 g/mol. The first-order valence-corrected chi connectivity index (χ1v) is 5.58. The van der Waals surface area contributed by atoms with E-state index in [2.05, 4.69) is 15.3 Å². The van der Waals surface area contributed by atoms with Crippen molar-refractivity contribution in [1.82, 2.24) is 15.3 Å². The highest BCUT2D eigenvalue weighted by Gasteiger charge is 2.33. The molecule has 2 amide bonds. The molecule has 1 aromatic rings. The van der Waals surface area contributed by atoms with Crippen LogP contribution in [0.5, 0.6) is 0 Å². The molecule has 0 bridgehead atoms. The fraction of sp³-hybridized carbons (Fsp3) is 0.417. The summed E-state index contributed by atoms with van der Waals surface area (Å²) in [6, 6.07) is 0. The van der Waals surface area contributed by atoms with Crippen LogP contribution in [0.15, 0.2) is 18.6 Å². The molecule has 0 aromatic carbocycles. The number of piperazine rings is 1. The number of imidazole rings is 1. The molecule has 0 atom stereocenters. The molecule has 0 aliphatic carbocycles. The van der Waals surface area contributed by atoms with Gasteiger partial charge in [-0.3, -0.25) is 14.5 Å². The van der Waals surface area contributed by atoms with Gasteiger partial charge in [-0.1, -0.05) is 27.3 Å². The largest absolute Gasteiger partial charge is 0.412 e. The van der Waals surface area contributed by atoms with Crippen LogP contribution in [0.3, 0.4) is 0 Å². The van der Waals surface area contributed by atoms with Crippen molar-refractivity contribution in [2.24, 2.45) is 0 Å². The van der Waals surface area contributed by atoms with Crippen molar-refractivity contribution in [3.63, 3.8) is 0 Å². The van der Waals surface area contributed by atoms with E-state index < -0.39 is 5.91 Å². The van der Waals surface area contributed by atoms with Gasteiger partial charge in [0.2, 0.25) is 5.91 Å². The maximum absolute atomic E-state index is 12.1. The molecule has 0 radical (unpaired) electrons. The van der Waals surface area contributed by atoms with Gasteiger partial charge in [0.05, 0.1) is 19.1 Å². The predicted molar refractivity (Wildman–Crippen MR) is 70.5 cm³/mol. The van der Waals surface area contributed by atoms with Crippen molar-refractivity contribution in [1.29, 1.82) is 0 Å². The van der Waals surface area contributed by atoms with Gasteiger partial charge in [0, 0.05) is 5.41 Å². The second kappa shape index (κ2) is 4.85. The Morgan fingerprint density at radius 2 is 2.16 bits per heavy atom. The number of hydrogen-bond donors (Lipinski definition) is 2. The van der Waals surface area contributed by atoms with Crippen molar-refractivity contribution in [2.75, 3.05) is 11.4 Å². The minimum absolute atomic E-state index is 0. The Bertz CT molecular complexity index is 559. The Morgan fingerprint density at radius 1 is 1.47 bits per heavy atom. The number of carbonyl (C=O) groups is 2. The second-order valence-corrected chi connectivity index (χ2v) is 5.20. The van der Waals surface area contributed by atoms with Crippen LogP contribution in [0.2, 0.25) is 0 Å². The molecule has 7 heteroatoms. The second-order valence-electron chi connectivity index (χ2n) is 5.20. The van der Waals surface area contributed by atoms with Crippen LogP contribution in [-0.2, 0) is 15.0 Å². The van der Waals surface area contributed by atoms with Crippen LogP contribution < -0.4 is 10.2 Å². The molecule has 2 heterocycles. The Morgan fingerprint density at radius 3 is 2.74 bits per heavy atom. The zero-order valence-electron chi connectivity index (χ0n) is 12.1. The molecule has 7 nitrogen and oxygen atoms in total. The van der Waals surface area contributed by atoms with E-state index in [1.165, 1.54) is 11.2 Å². The smallest absolute Gasteiger partial charge is 0.275 e. The Kier molecular flexibility index (Phi) is 3.39. The number of anilines is 1. The average molecular weight is 267 g/mol. The van der Waals surface area contributed by atoms with Crippen LogP contribution in [0, 0.1) is 0 Å². The maximum Gasteiger partial charge on any atom is 0.275 e. The summed E-state index contributed by atoms with van der Waals surface area (Å²) in [5.41, 5.74) is 0.504. The number of nitrogens with zero attached hydrogens (tertiary/aromatic N) is 2. The Hall–Kier alpha value is -2.15. The van der Waals surface area contributed by atoms with Gasteiger partial charge < -0.3 is 15.8 Å². The van der Waals surface area contributed by atoms with Gasteiger partial charge in [-0.25, -0.2) is 4.98 Å². The highest BCUT2D eigenvalue weighted by Crippen LogP contribution is 2.29. The Balaban J connectivity index is 0.00000200. The lowest BCUT2D eigenvalue weighted by atomic mass is 9.92. The van der Waals surface area contributed by atoms with Crippen LogP contribution in [0.25, 0.3) is 0 Å². The number of aromatic nitrogens is 2. The maximum atomic E-state index is 12.1. The molecular formula is C12H18N4O3. The van der Waals surface area contributed by atoms with E-state index >= 15 is 0 Å². The molecule has 0 saturated carbocycles. The molecule has 104 valence electrons. The SMILES string of the molecule is O.[2H]C=C1NC(=O)CN(c2nc[nH]c2C(C)(C)C)C1=O. The number of H-pyrrole nitrogens is 1. The van der Waals surface area contributed by atoms with E-state index in [0.29, 0.717) is 5.82 Å². The minimum Gasteiger partial charge on any atom is -0.412 e. The monoisotopic (exact) mass is 267 g/mol. The number of hydrogen-bond acceptors (Lipinski definition) is 3. The van der Waals surface area contributed by atoms with Gasteiger partial charge in [0.15, 0.2) is 5.82 Å². The number of nitrogens with one attached hydrogen (secondary N) is 2. The molecule has 0 spiro atoms. The number of aromatic amines is 1. The zero-order chi connectivity index (χ0) is 14.2. The van der Waals surface area contributed by atoms with Gasteiger partial charge >= 0.3 is 0 Å². The van der Waals surface area contributed by atoms with E-state index in [1.54, 1.807) is 0 Å². The molecule has 4 N–H and O–H groups in total. The fourth-order valence-corrected chi connectivity index (χ4v) is 1.82. The van der Waals surface area contributed by atoms with E-state index in [4.69, 9.17) is 1.37 Å². The summed E-state index contributed by atoms with van der Waals surface area (Å²) in [4.78, 5) is 32.2. The lowest BCUT2D eigenvalue weighted by Crippen LogP contribution is -2.50. The molecule has 1 aliphatic heterocycles. The molecule has 19 heavy (non-hydrogen) atoms. The van der Waals surface area contributed by atoms with Gasteiger partial charge in [-0.05, 0) is 0 Å². The number of amides is 2. The van der Waals surface area contributed by atoms with Crippen LogP contribution >= 0.6 is 0 Å². The minimum atomic E-state index is -0.424. The molecule has 1 fully saturated rings.